The Hall–Kier alpha value is -2.08. The zero-order chi connectivity index (χ0) is 24.2. The van der Waals surface area contributed by atoms with Crippen LogP contribution in [0.3, 0.4) is 0 Å². The number of carbonyl (C=O) groups is 1. The maximum Gasteiger partial charge on any atom is 0.410 e. The van der Waals surface area contributed by atoms with E-state index < -0.39 is 0 Å². The Morgan fingerprint density at radius 1 is 1.11 bits per heavy atom. The van der Waals surface area contributed by atoms with Crippen molar-refractivity contribution in [3.05, 3.63) is 46.0 Å². The lowest BCUT2D eigenvalue weighted by Gasteiger charge is -2.59. The number of nitrogens with zero attached hydrogens (tertiary/aromatic N) is 1. The molecule has 190 valence electrons. The maximum atomic E-state index is 12.7. The number of rotatable bonds is 2. The SMILES string of the molecule is C[C@]12CC[C@H](OC(=O)N3CCNCC3)C[C@H]1CC[C@H]1C3=CC[C@H](c4ccc(=O)oc4)[C@@]3(C)CC[C@@H]12. The highest BCUT2D eigenvalue weighted by Crippen LogP contribution is 2.67. The van der Waals surface area contributed by atoms with Gasteiger partial charge < -0.3 is 19.4 Å². The van der Waals surface area contributed by atoms with E-state index in [1.54, 1.807) is 17.9 Å². The van der Waals surface area contributed by atoms with Gasteiger partial charge >= 0.3 is 11.7 Å². The number of hydrogen-bond donors (Lipinski definition) is 1. The summed E-state index contributed by atoms with van der Waals surface area (Å²) in [7, 11) is 0. The summed E-state index contributed by atoms with van der Waals surface area (Å²) in [6.45, 7) is 8.22. The summed E-state index contributed by atoms with van der Waals surface area (Å²) in [4.78, 5) is 26.1. The van der Waals surface area contributed by atoms with Crippen LogP contribution in [0.2, 0.25) is 0 Å². The van der Waals surface area contributed by atoms with Gasteiger partial charge in [0.2, 0.25) is 0 Å². The van der Waals surface area contributed by atoms with Gasteiger partial charge in [0.25, 0.3) is 0 Å². The summed E-state index contributed by atoms with van der Waals surface area (Å²) < 4.78 is 11.3. The molecule has 4 fully saturated rings. The van der Waals surface area contributed by atoms with Crippen LogP contribution in [0.15, 0.2) is 39.3 Å². The van der Waals surface area contributed by atoms with E-state index in [1.807, 2.05) is 11.0 Å². The fourth-order valence-corrected chi connectivity index (χ4v) is 8.79. The third-order valence-corrected chi connectivity index (χ3v) is 10.8. The van der Waals surface area contributed by atoms with E-state index in [2.05, 4.69) is 25.2 Å². The number of piperazine rings is 1. The van der Waals surface area contributed by atoms with Crippen LogP contribution in [0.5, 0.6) is 0 Å². The predicted octanol–water partition coefficient (Wildman–Crippen LogP) is 5.10. The van der Waals surface area contributed by atoms with Gasteiger partial charge in [-0.2, -0.15) is 0 Å². The molecule has 0 spiro atoms. The van der Waals surface area contributed by atoms with Crippen LogP contribution >= 0.6 is 0 Å². The first-order valence-electron chi connectivity index (χ1n) is 13.8. The van der Waals surface area contributed by atoms with Gasteiger partial charge in [-0.3, -0.25) is 0 Å². The zero-order valence-corrected chi connectivity index (χ0v) is 21.3. The fourth-order valence-electron chi connectivity index (χ4n) is 8.79. The van der Waals surface area contributed by atoms with Gasteiger partial charge in [-0.05, 0) is 97.5 Å². The molecule has 1 aromatic rings. The van der Waals surface area contributed by atoms with Crippen LogP contribution in [0, 0.1) is 28.6 Å². The fraction of sp³-hybridized carbons (Fsp3) is 0.724. The molecule has 5 aliphatic rings. The average molecular weight is 481 g/mol. The molecule has 1 aromatic heterocycles. The zero-order valence-electron chi connectivity index (χ0n) is 21.3. The molecule has 6 heteroatoms. The molecule has 35 heavy (non-hydrogen) atoms. The van der Waals surface area contributed by atoms with Crippen molar-refractivity contribution in [2.75, 3.05) is 26.2 Å². The highest BCUT2D eigenvalue weighted by molar-refractivity contribution is 5.68. The molecule has 2 heterocycles. The molecule has 4 aliphatic carbocycles. The van der Waals surface area contributed by atoms with Crippen LogP contribution < -0.4 is 10.9 Å². The maximum absolute atomic E-state index is 12.7. The number of hydrogen-bond acceptors (Lipinski definition) is 5. The molecule has 1 amide bonds. The number of nitrogens with one attached hydrogen (secondary N) is 1. The molecule has 0 radical (unpaired) electrons. The Morgan fingerprint density at radius 3 is 2.71 bits per heavy atom. The quantitative estimate of drug-likeness (QED) is 0.597. The van der Waals surface area contributed by atoms with Gasteiger partial charge in [0.15, 0.2) is 0 Å². The molecule has 1 saturated heterocycles. The van der Waals surface area contributed by atoms with E-state index in [9.17, 15) is 9.59 Å². The van der Waals surface area contributed by atoms with Crippen molar-refractivity contribution < 1.29 is 13.9 Å². The highest BCUT2D eigenvalue weighted by atomic mass is 16.6. The first-order valence-corrected chi connectivity index (χ1v) is 13.8. The van der Waals surface area contributed by atoms with E-state index >= 15 is 0 Å². The lowest BCUT2D eigenvalue weighted by molar-refractivity contribution is -0.0872. The third kappa shape index (κ3) is 3.87. The van der Waals surface area contributed by atoms with Gasteiger partial charge in [-0.1, -0.05) is 25.5 Å². The number of amides is 1. The van der Waals surface area contributed by atoms with Crippen molar-refractivity contribution in [3.63, 3.8) is 0 Å². The largest absolute Gasteiger partial charge is 0.446 e. The van der Waals surface area contributed by atoms with Gasteiger partial charge in [0.1, 0.15) is 6.10 Å². The van der Waals surface area contributed by atoms with Crippen molar-refractivity contribution in [2.24, 2.45) is 28.6 Å². The van der Waals surface area contributed by atoms with E-state index in [1.165, 1.54) is 31.2 Å². The minimum absolute atomic E-state index is 0.0729. The monoisotopic (exact) mass is 480 g/mol. The molecule has 0 bridgehead atoms. The van der Waals surface area contributed by atoms with E-state index in [-0.39, 0.29) is 23.2 Å². The van der Waals surface area contributed by atoms with Crippen LogP contribution in [0.1, 0.15) is 76.7 Å². The topological polar surface area (TPSA) is 71.8 Å². The molecule has 3 saturated carbocycles. The van der Waals surface area contributed by atoms with Crippen molar-refractivity contribution in [1.82, 2.24) is 10.2 Å². The second kappa shape index (κ2) is 8.79. The summed E-state index contributed by atoms with van der Waals surface area (Å²) in [6.07, 6.45) is 13.4. The highest BCUT2D eigenvalue weighted by Gasteiger charge is 2.58. The molecule has 0 aromatic carbocycles. The Morgan fingerprint density at radius 2 is 1.94 bits per heavy atom. The van der Waals surface area contributed by atoms with Crippen molar-refractivity contribution in [1.29, 1.82) is 0 Å². The van der Waals surface area contributed by atoms with Gasteiger partial charge in [-0.25, -0.2) is 9.59 Å². The molecule has 1 N–H and O–H groups in total. The van der Waals surface area contributed by atoms with E-state index in [0.29, 0.717) is 23.2 Å². The molecule has 1 aliphatic heterocycles. The minimum atomic E-state index is -0.269. The molecule has 6 rings (SSSR count). The Bertz CT molecular complexity index is 1040. The van der Waals surface area contributed by atoms with Crippen molar-refractivity contribution in [2.45, 2.75) is 77.2 Å². The van der Waals surface area contributed by atoms with Crippen LogP contribution in [-0.2, 0) is 4.74 Å². The third-order valence-electron chi connectivity index (χ3n) is 10.8. The second-order valence-electron chi connectivity index (χ2n) is 12.3. The lowest BCUT2D eigenvalue weighted by atomic mass is 9.46. The summed E-state index contributed by atoms with van der Waals surface area (Å²) in [6, 6.07) is 3.55. The summed E-state index contributed by atoms with van der Waals surface area (Å²) in [5.41, 5.74) is 3.08. The van der Waals surface area contributed by atoms with E-state index in [4.69, 9.17) is 9.15 Å². The standard InChI is InChI=1S/C29H40N2O4/c1-28-11-9-21(35-27(33)31-15-13-30-14-16-31)17-20(28)4-5-22-24-7-6-23(19-3-8-26(32)34-18-19)29(24,2)12-10-25(22)28/h3,7-8,18,20-23,25,30H,4-6,9-17H2,1-2H3/t20-,21+,22+,23-,25+,28+,29-/m1/s1. The normalized spacial score (nSPS) is 40.8. The second-order valence-corrected chi connectivity index (χ2v) is 12.3. The number of ether oxygens (including phenoxy) is 1. The molecular weight excluding hydrogens is 440 g/mol. The lowest BCUT2D eigenvalue weighted by Crippen LogP contribution is -2.52. The first kappa shape index (κ1) is 23.3. The number of carbonyl (C=O) groups excluding carboxylic acids is 1. The Kier molecular flexibility index (Phi) is 5.86. The first-order chi connectivity index (χ1) is 16.9. The summed E-state index contributed by atoms with van der Waals surface area (Å²) in [5, 5.41) is 3.30. The van der Waals surface area contributed by atoms with Crippen LogP contribution in [-0.4, -0.2) is 43.3 Å². The Balaban J connectivity index is 1.15. The van der Waals surface area contributed by atoms with Crippen molar-refractivity contribution in [3.8, 4) is 0 Å². The molecular formula is C29H40N2O4. The predicted molar refractivity (Wildman–Crippen MR) is 134 cm³/mol. The average Bonchev–Trinajstić information content (AvgIpc) is 3.22. The smallest absolute Gasteiger partial charge is 0.410 e. The summed E-state index contributed by atoms with van der Waals surface area (Å²) >= 11 is 0. The van der Waals surface area contributed by atoms with Gasteiger partial charge in [0, 0.05) is 32.2 Å². The number of fused-ring (bicyclic) bond motifs is 5. The van der Waals surface area contributed by atoms with Crippen LogP contribution in [0.25, 0.3) is 0 Å². The van der Waals surface area contributed by atoms with Crippen molar-refractivity contribution >= 4 is 6.09 Å². The summed E-state index contributed by atoms with van der Waals surface area (Å²) in [5.74, 6) is 2.44. The van der Waals surface area contributed by atoms with Gasteiger partial charge in [-0.15, -0.1) is 0 Å². The Labute approximate surface area is 208 Å². The molecule has 7 atom stereocenters. The molecule has 0 unspecified atom stereocenters. The van der Waals surface area contributed by atoms with Gasteiger partial charge in [0.05, 0.1) is 6.26 Å². The molecule has 6 nitrogen and oxygen atoms in total. The number of allylic oxidation sites excluding steroid dienone is 2. The minimum Gasteiger partial charge on any atom is -0.446 e. The van der Waals surface area contributed by atoms with Crippen LogP contribution in [0.4, 0.5) is 4.79 Å². The van der Waals surface area contributed by atoms with E-state index in [0.717, 1.165) is 57.8 Å².